The molecular weight excluding hydrogens is 270 g/mol. The van der Waals surface area contributed by atoms with Crippen LogP contribution in [0.3, 0.4) is 0 Å². The van der Waals surface area contributed by atoms with Gasteiger partial charge >= 0.3 is 0 Å². The van der Waals surface area contributed by atoms with Crippen LogP contribution in [0, 0.1) is 17.0 Å². The Morgan fingerprint density at radius 3 is 2.43 bits per heavy atom. The van der Waals surface area contributed by atoms with Crippen LogP contribution in [0.15, 0.2) is 42.5 Å². The highest BCUT2D eigenvalue weighted by Crippen LogP contribution is 2.23. The van der Waals surface area contributed by atoms with Gasteiger partial charge in [-0.25, -0.2) is 0 Å². The van der Waals surface area contributed by atoms with Gasteiger partial charge in [0.1, 0.15) is 12.4 Å². The summed E-state index contributed by atoms with van der Waals surface area (Å²) in [6.07, 6.45) is -0.507. The van der Waals surface area contributed by atoms with Crippen molar-refractivity contribution in [3.05, 3.63) is 69.3 Å². The third-order valence-corrected chi connectivity index (χ3v) is 3.22. The summed E-state index contributed by atoms with van der Waals surface area (Å²) in [6, 6.07) is 11.8. The molecule has 2 aromatic rings. The number of aryl methyl sites for hydroxylation is 1. The lowest BCUT2D eigenvalue weighted by atomic mass is 10.1. The van der Waals surface area contributed by atoms with Crippen molar-refractivity contribution >= 4 is 5.69 Å². The van der Waals surface area contributed by atoms with E-state index in [4.69, 9.17) is 4.74 Å². The molecule has 0 bridgehead atoms. The minimum absolute atomic E-state index is 0.0659. The molecular formula is C16H17NO4. The van der Waals surface area contributed by atoms with Crippen molar-refractivity contribution in [1.29, 1.82) is 0 Å². The maximum absolute atomic E-state index is 10.6. The van der Waals surface area contributed by atoms with Crippen LogP contribution in [0.2, 0.25) is 0 Å². The highest BCUT2D eigenvalue weighted by Gasteiger charge is 2.07. The van der Waals surface area contributed by atoms with Gasteiger partial charge in [0.2, 0.25) is 0 Å². The number of non-ortho nitro benzene ring substituents is 1. The molecule has 1 N–H and O–H groups in total. The number of hydrogen-bond donors (Lipinski definition) is 1. The van der Waals surface area contributed by atoms with E-state index in [-0.39, 0.29) is 5.69 Å². The van der Waals surface area contributed by atoms with Gasteiger partial charge in [0.25, 0.3) is 5.69 Å². The molecule has 110 valence electrons. The number of hydrogen-bond acceptors (Lipinski definition) is 4. The lowest BCUT2D eigenvalue weighted by Gasteiger charge is -2.12. The van der Waals surface area contributed by atoms with Crippen LogP contribution in [0.25, 0.3) is 0 Å². The zero-order chi connectivity index (χ0) is 15.4. The number of nitrogens with zero attached hydrogens (tertiary/aromatic N) is 1. The molecule has 0 fully saturated rings. The molecule has 0 spiro atoms. The average Bonchev–Trinajstić information content (AvgIpc) is 2.46. The van der Waals surface area contributed by atoms with Crippen LogP contribution in [0.4, 0.5) is 5.69 Å². The van der Waals surface area contributed by atoms with Gasteiger partial charge in [0.05, 0.1) is 11.0 Å². The standard InChI is InChI=1S/C16H17NO4/c1-11-9-14(12(2)18)5-8-16(11)21-10-13-3-6-15(7-4-13)17(19)20/h3-9,12,18H,10H2,1-2H3. The zero-order valence-electron chi connectivity index (χ0n) is 11.9. The van der Waals surface area contributed by atoms with Crippen LogP contribution in [-0.4, -0.2) is 10.0 Å². The fraction of sp³-hybridized carbons (Fsp3) is 0.250. The fourth-order valence-electron chi connectivity index (χ4n) is 1.97. The van der Waals surface area contributed by atoms with Crippen LogP contribution < -0.4 is 4.74 Å². The second kappa shape index (κ2) is 6.37. The summed E-state index contributed by atoms with van der Waals surface area (Å²) in [5.41, 5.74) is 2.71. The molecule has 0 saturated heterocycles. The number of aliphatic hydroxyl groups is 1. The Balaban J connectivity index is 2.04. The third kappa shape index (κ3) is 3.79. The summed E-state index contributed by atoms with van der Waals surface area (Å²) in [5.74, 6) is 0.734. The van der Waals surface area contributed by atoms with Crippen molar-refractivity contribution in [3.8, 4) is 5.75 Å². The largest absolute Gasteiger partial charge is 0.489 e. The Morgan fingerprint density at radius 1 is 1.24 bits per heavy atom. The molecule has 0 amide bonds. The average molecular weight is 287 g/mol. The lowest BCUT2D eigenvalue weighted by molar-refractivity contribution is -0.384. The molecule has 0 saturated carbocycles. The number of aliphatic hydroxyl groups excluding tert-OH is 1. The Bertz CT molecular complexity index is 635. The molecule has 0 aliphatic heterocycles. The maximum Gasteiger partial charge on any atom is 0.269 e. The van der Waals surface area contributed by atoms with Crippen molar-refractivity contribution in [3.63, 3.8) is 0 Å². The molecule has 0 heterocycles. The topological polar surface area (TPSA) is 72.6 Å². The van der Waals surface area contributed by atoms with E-state index in [1.807, 2.05) is 25.1 Å². The molecule has 0 radical (unpaired) electrons. The monoisotopic (exact) mass is 287 g/mol. The van der Waals surface area contributed by atoms with Crippen LogP contribution >= 0.6 is 0 Å². The van der Waals surface area contributed by atoms with Gasteiger partial charge in [-0.1, -0.05) is 6.07 Å². The van der Waals surface area contributed by atoms with Gasteiger partial charge in [0.15, 0.2) is 0 Å². The normalized spacial score (nSPS) is 12.0. The minimum atomic E-state index is -0.507. The summed E-state index contributed by atoms with van der Waals surface area (Å²) in [4.78, 5) is 10.1. The summed E-state index contributed by atoms with van der Waals surface area (Å²) < 4.78 is 5.71. The van der Waals surface area contributed by atoms with Crippen LogP contribution in [0.1, 0.15) is 29.7 Å². The fourth-order valence-corrected chi connectivity index (χ4v) is 1.97. The SMILES string of the molecule is Cc1cc(C(C)O)ccc1OCc1ccc([N+](=O)[O-])cc1. The van der Waals surface area contributed by atoms with Gasteiger partial charge in [-0.05, 0) is 54.8 Å². The van der Waals surface area contributed by atoms with Crippen molar-refractivity contribution in [1.82, 2.24) is 0 Å². The molecule has 21 heavy (non-hydrogen) atoms. The quantitative estimate of drug-likeness (QED) is 0.674. The first-order valence-corrected chi connectivity index (χ1v) is 6.62. The van der Waals surface area contributed by atoms with E-state index in [1.54, 1.807) is 19.1 Å². The number of ether oxygens (including phenoxy) is 1. The van der Waals surface area contributed by atoms with Crippen molar-refractivity contribution < 1.29 is 14.8 Å². The lowest BCUT2D eigenvalue weighted by Crippen LogP contribution is -1.99. The first-order valence-electron chi connectivity index (χ1n) is 6.62. The maximum atomic E-state index is 10.6. The molecule has 0 aliphatic carbocycles. The number of nitro benzene ring substituents is 1. The Labute approximate surface area is 123 Å². The van der Waals surface area contributed by atoms with Gasteiger partial charge < -0.3 is 9.84 Å². The summed E-state index contributed by atoms with van der Waals surface area (Å²) in [7, 11) is 0. The van der Waals surface area contributed by atoms with Gasteiger partial charge in [-0.2, -0.15) is 0 Å². The molecule has 2 aromatic carbocycles. The van der Waals surface area contributed by atoms with E-state index in [9.17, 15) is 15.2 Å². The molecule has 2 rings (SSSR count). The predicted molar refractivity (Wildman–Crippen MR) is 79.2 cm³/mol. The predicted octanol–water partition coefficient (Wildman–Crippen LogP) is 3.54. The first kappa shape index (κ1) is 15.0. The van der Waals surface area contributed by atoms with E-state index >= 15 is 0 Å². The van der Waals surface area contributed by atoms with E-state index in [2.05, 4.69) is 0 Å². The van der Waals surface area contributed by atoms with Crippen molar-refractivity contribution in [2.45, 2.75) is 26.6 Å². The van der Waals surface area contributed by atoms with Crippen LogP contribution in [0.5, 0.6) is 5.75 Å². The van der Waals surface area contributed by atoms with Crippen LogP contribution in [-0.2, 0) is 6.61 Å². The summed E-state index contributed by atoms with van der Waals surface area (Å²) in [6.45, 7) is 3.97. The second-order valence-corrected chi connectivity index (χ2v) is 4.91. The number of rotatable bonds is 5. The van der Waals surface area contributed by atoms with Gasteiger partial charge in [0, 0.05) is 12.1 Å². The van der Waals surface area contributed by atoms with Crippen molar-refractivity contribution in [2.24, 2.45) is 0 Å². The molecule has 1 atom stereocenters. The Kier molecular flexibility index (Phi) is 4.55. The highest BCUT2D eigenvalue weighted by molar-refractivity contribution is 5.37. The smallest absolute Gasteiger partial charge is 0.269 e. The van der Waals surface area contributed by atoms with E-state index in [0.29, 0.717) is 6.61 Å². The zero-order valence-corrected chi connectivity index (χ0v) is 11.9. The molecule has 5 nitrogen and oxygen atoms in total. The van der Waals surface area contributed by atoms with E-state index in [0.717, 1.165) is 22.4 Å². The number of benzene rings is 2. The summed E-state index contributed by atoms with van der Waals surface area (Å²) >= 11 is 0. The molecule has 1 unspecified atom stereocenters. The molecule has 0 aromatic heterocycles. The summed E-state index contributed by atoms with van der Waals surface area (Å²) in [5, 5.41) is 20.1. The van der Waals surface area contributed by atoms with E-state index in [1.165, 1.54) is 12.1 Å². The van der Waals surface area contributed by atoms with Crippen molar-refractivity contribution in [2.75, 3.05) is 0 Å². The first-order chi connectivity index (χ1) is 9.97. The van der Waals surface area contributed by atoms with Gasteiger partial charge in [-0.3, -0.25) is 10.1 Å². The molecule has 0 aliphatic rings. The van der Waals surface area contributed by atoms with Gasteiger partial charge in [-0.15, -0.1) is 0 Å². The number of nitro groups is 1. The third-order valence-electron chi connectivity index (χ3n) is 3.22. The minimum Gasteiger partial charge on any atom is -0.489 e. The molecule has 5 heteroatoms. The van der Waals surface area contributed by atoms with E-state index < -0.39 is 11.0 Å². The highest BCUT2D eigenvalue weighted by atomic mass is 16.6. The Hall–Kier alpha value is -2.40. The Morgan fingerprint density at radius 2 is 1.90 bits per heavy atom. The second-order valence-electron chi connectivity index (χ2n) is 4.91.